The Bertz CT molecular complexity index is 627. The third-order valence-electron chi connectivity index (χ3n) is 3.03. The standard InChI is InChI=1S/C13H15BrN4O2/c1-16(9-12-15-6-7-17(12)2)8-10-4-3-5-11(13(10)14)18(19)20/h3-7H,8-9H2,1-2H3. The summed E-state index contributed by atoms with van der Waals surface area (Å²) < 4.78 is 2.50. The van der Waals surface area contributed by atoms with Crippen LogP contribution in [-0.4, -0.2) is 26.4 Å². The molecule has 0 fully saturated rings. The number of halogens is 1. The molecule has 0 atom stereocenters. The molecule has 106 valence electrons. The molecule has 6 nitrogen and oxygen atoms in total. The molecule has 0 aliphatic heterocycles. The summed E-state index contributed by atoms with van der Waals surface area (Å²) in [6.45, 7) is 1.29. The molecule has 1 aromatic heterocycles. The highest BCUT2D eigenvalue weighted by Crippen LogP contribution is 2.29. The fourth-order valence-corrected chi connectivity index (χ4v) is 2.50. The fraction of sp³-hybridized carbons (Fsp3) is 0.308. The quantitative estimate of drug-likeness (QED) is 0.621. The third-order valence-corrected chi connectivity index (χ3v) is 3.94. The van der Waals surface area contributed by atoms with E-state index in [-0.39, 0.29) is 10.6 Å². The average Bonchev–Trinajstić information content (AvgIpc) is 2.77. The minimum Gasteiger partial charge on any atom is -0.337 e. The van der Waals surface area contributed by atoms with Gasteiger partial charge in [0.2, 0.25) is 0 Å². The Labute approximate surface area is 125 Å². The number of nitro groups is 1. The van der Waals surface area contributed by atoms with Crippen molar-refractivity contribution in [3.8, 4) is 0 Å². The van der Waals surface area contributed by atoms with Gasteiger partial charge >= 0.3 is 0 Å². The van der Waals surface area contributed by atoms with Crippen LogP contribution in [0.25, 0.3) is 0 Å². The van der Waals surface area contributed by atoms with Gasteiger partial charge in [0, 0.05) is 32.1 Å². The van der Waals surface area contributed by atoms with Crippen LogP contribution in [0.3, 0.4) is 0 Å². The summed E-state index contributed by atoms with van der Waals surface area (Å²) in [5.74, 6) is 0.953. The topological polar surface area (TPSA) is 64.2 Å². The molecule has 2 rings (SSSR count). The van der Waals surface area contributed by atoms with Gasteiger partial charge in [0.05, 0.1) is 15.9 Å². The highest BCUT2D eigenvalue weighted by Gasteiger charge is 2.16. The van der Waals surface area contributed by atoms with Crippen molar-refractivity contribution in [1.82, 2.24) is 14.5 Å². The maximum absolute atomic E-state index is 10.9. The normalized spacial score (nSPS) is 11.0. The maximum Gasteiger partial charge on any atom is 0.283 e. The zero-order valence-corrected chi connectivity index (χ0v) is 12.9. The minimum absolute atomic E-state index is 0.0906. The summed E-state index contributed by atoms with van der Waals surface area (Å²) in [5, 5.41) is 10.9. The first kappa shape index (κ1) is 14.7. The first-order valence-electron chi connectivity index (χ1n) is 6.05. The van der Waals surface area contributed by atoms with Crippen LogP contribution in [0.2, 0.25) is 0 Å². The summed E-state index contributed by atoms with van der Waals surface area (Å²) in [7, 11) is 3.90. The van der Waals surface area contributed by atoms with Gasteiger partial charge in [0.25, 0.3) is 5.69 Å². The number of aromatic nitrogens is 2. The molecule has 1 aromatic carbocycles. The lowest BCUT2D eigenvalue weighted by molar-refractivity contribution is -0.385. The van der Waals surface area contributed by atoms with Crippen molar-refractivity contribution in [2.45, 2.75) is 13.1 Å². The Morgan fingerprint density at radius 1 is 1.45 bits per heavy atom. The Morgan fingerprint density at radius 2 is 2.20 bits per heavy atom. The van der Waals surface area contributed by atoms with E-state index in [2.05, 4.69) is 25.8 Å². The summed E-state index contributed by atoms with van der Waals surface area (Å²) in [6, 6.07) is 5.07. The molecule has 0 aliphatic rings. The van der Waals surface area contributed by atoms with Gasteiger partial charge in [0.1, 0.15) is 5.82 Å². The number of hydrogen-bond donors (Lipinski definition) is 0. The molecule has 0 spiro atoms. The van der Waals surface area contributed by atoms with Gasteiger partial charge in [-0.2, -0.15) is 0 Å². The lowest BCUT2D eigenvalue weighted by Crippen LogP contribution is -2.19. The predicted molar refractivity (Wildman–Crippen MR) is 79.2 cm³/mol. The minimum atomic E-state index is -0.383. The second-order valence-corrected chi connectivity index (χ2v) is 5.43. The number of nitrogens with zero attached hydrogens (tertiary/aromatic N) is 4. The molecule has 0 N–H and O–H groups in total. The number of rotatable bonds is 5. The van der Waals surface area contributed by atoms with Crippen LogP contribution < -0.4 is 0 Å². The maximum atomic E-state index is 10.9. The molecular weight excluding hydrogens is 324 g/mol. The Balaban J connectivity index is 2.12. The summed E-state index contributed by atoms with van der Waals surface area (Å²) >= 11 is 3.31. The van der Waals surface area contributed by atoms with Crippen molar-refractivity contribution in [2.24, 2.45) is 7.05 Å². The van der Waals surface area contributed by atoms with Crippen LogP contribution in [-0.2, 0) is 20.1 Å². The van der Waals surface area contributed by atoms with Crippen molar-refractivity contribution in [2.75, 3.05) is 7.05 Å². The third kappa shape index (κ3) is 3.23. The van der Waals surface area contributed by atoms with Gasteiger partial charge in [-0.3, -0.25) is 15.0 Å². The van der Waals surface area contributed by atoms with Crippen molar-refractivity contribution >= 4 is 21.6 Å². The molecule has 0 aliphatic carbocycles. The number of imidazole rings is 1. The zero-order valence-electron chi connectivity index (χ0n) is 11.3. The van der Waals surface area contributed by atoms with Crippen LogP contribution in [0.5, 0.6) is 0 Å². The Morgan fingerprint density at radius 3 is 2.80 bits per heavy atom. The van der Waals surface area contributed by atoms with Gasteiger partial charge in [0.15, 0.2) is 0 Å². The van der Waals surface area contributed by atoms with Crippen molar-refractivity contribution in [3.63, 3.8) is 0 Å². The van der Waals surface area contributed by atoms with Gasteiger partial charge in [-0.05, 0) is 28.5 Å². The highest BCUT2D eigenvalue weighted by atomic mass is 79.9. The SMILES string of the molecule is CN(Cc1cccc([N+](=O)[O-])c1Br)Cc1nccn1C. The number of benzene rings is 1. The molecule has 0 radical (unpaired) electrons. The van der Waals surface area contributed by atoms with Crippen LogP contribution >= 0.6 is 15.9 Å². The molecule has 0 amide bonds. The van der Waals surface area contributed by atoms with E-state index in [1.165, 1.54) is 6.07 Å². The summed E-state index contributed by atoms with van der Waals surface area (Å²) in [5.41, 5.74) is 0.976. The van der Waals surface area contributed by atoms with Crippen molar-refractivity contribution < 1.29 is 4.92 Å². The van der Waals surface area contributed by atoms with Crippen LogP contribution in [0, 0.1) is 10.1 Å². The van der Waals surface area contributed by atoms with E-state index in [9.17, 15) is 10.1 Å². The van der Waals surface area contributed by atoms with Gasteiger partial charge < -0.3 is 4.57 Å². The molecule has 0 saturated heterocycles. The second kappa shape index (κ2) is 6.15. The number of hydrogen-bond acceptors (Lipinski definition) is 4. The molecule has 0 saturated carbocycles. The van der Waals surface area contributed by atoms with E-state index in [0.717, 1.165) is 11.4 Å². The van der Waals surface area contributed by atoms with Crippen molar-refractivity contribution in [1.29, 1.82) is 0 Å². The molecule has 20 heavy (non-hydrogen) atoms. The zero-order chi connectivity index (χ0) is 14.7. The van der Waals surface area contributed by atoms with E-state index in [1.807, 2.05) is 30.9 Å². The lowest BCUT2D eigenvalue weighted by Gasteiger charge is -2.17. The first-order valence-corrected chi connectivity index (χ1v) is 6.85. The van der Waals surface area contributed by atoms with E-state index < -0.39 is 0 Å². The van der Waals surface area contributed by atoms with Gasteiger partial charge in [-0.25, -0.2) is 4.98 Å². The average molecular weight is 339 g/mol. The fourth-order valence-electron chi connectivity index (χ4n) is 1.97. The van der Waals surface area contributed by atoms with Crippen molar-refractivity contribution in [3.05, 3.63) is 56.6 Å². The summed E-state index contributed by atoms with van der Waals surface area (Å²) in [6.07, 6.45) is 3.65. The first-order chi connectivity index (χ1) is 9.49. The molecule has 0 unspecified atom stereocenters. The highest BCUT2D eigenvalue weighted by molar-refractivity contribution is 9.10. The van der Waals surface area contributed by atoms with E-state index in [4.69, 9.17) is 0 Å². The smallest absolute Gasteiger partial charge is 0.283 e. The number of nitro benzene ring substituents is 1. The van der Waals surface area contributed by atoms with E-state index >= 15 is 0 Å². The molecular formula is C13H15BrN4O2. The monoisotopic (exact) mass is 338 g/mol. The van der Waals surface area contributed by atoms with Crippen LogP contribution in [0.15, 0.2) is 35.1 Å². The molecule has 2 aromatic rings. The lowest BCUT2D eigenvalue weighted by atomic mass is 10.2. The van der Waals surface area contributed by atoms with Crippen LogP contribution in [0.1, 0.15) is 11.4 Å². The molecule has 1 heterocycles. The van der Waals surface area contributed by atoms with E-state index in [0.29, 0.717) is 17.6 Å². The van der Waals surface area contributed by atoms with E-state index in [1.54, 1.807) is 12.3 Å². The second-order valence-electron chi connectivity index (χ2n) is 4.63. The van der Waals surface area contributed by atoms with Gasteiger partial charge in [-0.1, -0.05) is 12.1 Å². The Kier molecular flexibility index (Phi) is 4.51. The van der Waals surface area contributed by atoms with Gasteiger partial charge in [-0.15, -0.1) is 0 Å². The molecule has 7 heteroatoms. The summed E-state index contributed by atoms with van der Waals surface area (Å²) in [4.78, 5) is 16.9. The van der Waals surface area contributed by atoms with Crippen LogP contribution in [0.4, 0.5) is 5.69 Å². The predicted octanol–water partition coefficient (Wildman–Crippen LogP) is 2.72. The Hall–Kier alpha value is -1.73. The largest absolute Gasteiger partial charge is 0.337 e. The molecule has 0 bridgehead atoms. The number of aryl methyl sites for hydroxylation is 1.